The van der Waals surface area contributed by atoms with Gasteiger partial charge in [0.05, 0.1) is 12.3 Å². The summed E-state index contributed by atoms with van der Waals surface area (Å²) in [6, 6.07) is 12.7. The number of carbonyl (C=O) groups is 1. The molecule has 1 aromatic carbocycles. The molecule has 0 aliphatic rings. The minimum absolute atomic E-state index is 0.0774. The largest absolute Gasteiger partial charge is 0.487 e. The number of amides is 1. The highest BCUT2D eigenvalue weighted by atomic mass is 16.5. The fourth-order valence-corrected chi connectivity index (χ4v) is 2.19. The Morgan fingerprint density at radius 2 is 2.04 bits per heavy atom. The monoisotopic (exact) mass is 311 g/mol. The maximum absolute atomic E-state index is 11.7. The standard InChI is InChI=1S/C17H17N3O3/c21-10-8-18-17(22)13-4-6-15(7-5-13)23-12-14-11-20-9-2-1-3-16(20)19-14/h1-7,9,11,21H,8,10,12H2,(H,18,22). The molecule has 0 spiro atoms. The van der Waals surface area contributed by atoms with Gasteiger partial charge in [0.25, 0.3) is 5.91 Å². The average Bonchev–Trinajstić information content (AvgIpc) is 3.01. The van der Waals surface area contributed by atoms with E-state index in [1.165, 1.54) is 0 Å². The maximum atomic E-state index is 11.7. The van der Waals surface area contributed by atoms with Crippen molar-refractivity contribution >= 4 is 11.6 Å². The molecule has 118 valence electrons. The van der Waals surface area contributed by atoms with Gasteiger partial charge in [-0.15, -0.1) is 0 Å². The lowest BCUT2D eigenvalue weighted by Gasteiger charge is -2.06. The number of ether oxygens (including phenoxy) is 1. The molecule has 0 atom stereocenters. The van der Waals surface area contributed by atoms with E-state index < -0.39 is 0 Å². The van der Waals surface area contributed by atoms with Gasteiger partial charge in [-0.1, -0.05) is 6.07 Å². The molecular weight excluding hydrogens is 294 g/mol. The number of imidazole rings is 1. The first-order chi connectivity index (χ1) is 11.3. The molecule has 0 saturated carbocycles. The molecule has 6 nitrogen and oxygen atoms in total. The van der Waals surface area contributed by atoms with E-state index in [-0.39, 0.29) is 19.1 Å². The molecule has 0 unspecified atom stereocenters. The summed E-state index contributed by atoms with van der Waals surface area (Å²) in [5, 5.41) is 11.3. The van der Waals surface area contributed by atoms with Crippen LogP contribution in [0.15, 0.2) is 54.9 Å². The van der Waals surface area contributed by atoms with Gasteiger partial charge in [-0.2, -0.15) is 0 Å². The normalized spacial score (nSPS) is 10.7. The SMILES string of the molecule is O=C(NCCO)c1ccc(OCc2cn3ccccc3n2)cc1. The van der Waals surface area contributed by atoms with Crippen molar-refractivity contribution < 1.29 is 14.6 Å². The fourth-order valence-electron chi connectivity index (χ4n) is 2.19. The Kier molecular flexibility index (Phi) is 4.54. The van der Waals surface area contributed by atoms with Gasteiger partial charge in [-0.3, -0.25) is 4.79 Å². The van der Waals surface area contributed by atoms with E-state index >= 15 is 0 Å². The van der Waals surface area contributed by atoms with Crippen LogP contribution in [0, 0.1) is 0 Å². The first-order valence-electron chi connectivity index (χ1n) is 7.31. The Morgan fingerprint density at radius 3 is 2.78 bits per heavy atom. The third-order valence-electron chi connectivity index (χ3n) is 3.31. The predicted octanol–water partition coefficient (Wildman–Crippen LogP) is 1.64. The van der Waals surface area contributed by atoms with Gasteiger partial charge in [-0.05, 0) is 36.4 Å². The summed E-state index contributed by atoms with van der Waals surface area (Å²) >= 11 is 0. The van der Waals surface area contributed by atoms with Gasteiger partial charge in [0, 0.05) is 24.5 Å². The molecule has 2 N–H and O–H groups in total. The van der Waals surface area contributed by atoms with Gasteiger partial charge in [0.2, 0.25) is 0 Å². The number of fused-ring (bicyclic) bond motifs is 1. The number of aliphatic hydroxyl groups is 1. The summed E-state index contributed by atoms with van der Waals surface area (Å²) in [4.78, 5) is 16.2. The quantitative estimate of drug-likeness (QED) is 0.725. The smallest absolute Gasteiger partial charge is 0.251 e. The van der Waals surface area contributed by atoms with Gasteiger partial charge < -0.3 is 19.6 Å². The van der Waals surface area contributed by atoms with E-state index in [2.05, 4.69) is 10.3 Å². The summed E-state index contributed by atoms with van der Waals surface area (Å²) in [6.45, 7) is 0.522. The van der Waals surface area contributed by atoms with E-state index in [1.54, 1.807) is 24.3 Å². The molecule has 23 heavy (non-hydrogen) atoms. The molecule has 2 heterocycles. The van der Waals surface area contributed by atoms with Crippen LogP contribution in [-0.4, -0.2) is 33.6 Å². The number of carbonyl (C=O) groups excluding carboxylic acids is 1. The lowest BCUT2D eigenvalue weighted by Crippen LogP contribution is -2.26. The summed E-state index contributed by atoms with van der Waals surface area (Å²) in [7, 11) is 0. The summed E-state index contributed by atoms with van der Waals surface area (Å²) in [6.07, 6.45) is 3.86. The van der Waals surface area contributed by atoms with Gasteiger partial charge >= 0.3 is 0 Å². The van der Waals surface area contributed by atoms with E-state index in [4.69, 9.17) is 9.84 Å². The van der Waals surface area contributed by atoms with Crippen LogP contribution in [0.25, 0.3) is 5.65 Å². The van der Waals surface area contributed by atoms with Gasteiger partial charge in [-0.25, -0.2) is 4.98 Å². The number of pyridine rings is 1. The number of hydrogen-bond donors (Lipinski definition) is 2. The van der Waals surface area contributed by atoms with Crippen LogP contribution in [0.2, 0.25) is 0 Å². The Morgan fingerprint density at radius 1 is 1.22 bits per heavy atom. The number of aliphatic hydroxyl groups excluding tert-OH is 1. The summed E-state index contributed by atoms with van der Waals surface area (Å²) in [5.41, 5.74) is 2.24. The second-order valence-corrected chi connectivity index (χ2v) is 4.99. The van der Waals surface area contributed by atoms with Crippen LogP contribution in [0.5, 0.6) is 5.75 Å². The molecule has 0 radical (unpaired) electrons. The van der Waals surface area contributed by atoms with Gasteiger partial charge in [0.1, 0.15) is 18.0 Å². The van der Waals surface area contributed by atoms with Crippen molar-refractivity contribution in [3.8, 4) is 5.75 Å². The topological polar surface area (TPSA) is 75.9 Å². The Hall–Kier alpha value is -2.86. The van der Waals surface area contributed by atoms with Crippen LogP contribution in [0.1, 0.15) is 16.1 Å². The number of rotatable bonds is 6. The highest BCUT2D eigenvalue weighted by Crippen LogP contribution is 2.14. The number of nitrogens with zero attached hydrogens (tertiary/aromatic N) is 2. The fraction of sp³-hybridized carbons (Fsp3) is 0.176. The van der Waals surface area contributed by atoms with E-state index in [1.807, 2.05) is 35.0 Å². The molecule has 0 aliphatic heterocycles. The first-order valence-corrected chi connectivity index (χ1v) is 7.31. The molecular formula is C17H17N3O3. The third-order valence-corrected chi connectivity index (χ3v) is 3.31. The number of aromatic nitrogens is 2. The minimum Gasteiger partial charge on any atom is -0.487 e. The molecule has 0 saturated heterocycles. The molecule has 0 bridgehead atoms. The second kappa shape index (κ2) is 6.93. The van der Waals surface area contributed by atoms with Crippen molar-refractivity contribution in [3.63, 3.8) is 0 Å². The predicted molar refractivity (Wildman–Crippen MR) is 85.4 cm³/mol. The van der Waals surface area contributed by atoms with Crippen LogP contribution in [0.3, 0.4) is 0 Å². The number of benzene rings is 1. The Bertz CT molecular complexity index is 763. The first kappa shape index (κ1) is 15.1. The zero-order chi connectivity index (χ0) is 16.1. The highest BCUT2D eigenvalue weighted by molar-refractivity contribution is 5.94. The molecule has 0 fully saturated rings. The van der Waals surface area contributed by atoms with Crippen molar-refractivity contribution in [2.24, 2.45) is 0 Å². The summed E-state index contributed by atoms with van der Waals surface area (Å²) in [5.74, 6) is 0.451. The Balaban J connectivity index is 1.61. The zero-order valence-electron chi connectivity index (χ0n) is 12.5. The molecule has 6 heteroatoms. The third kappa shape index (κ3) is 3.67. The number of hydrogen-bond acceptors (Lipinski definition) is 4. The molecule has 0 aliphatic carbocycles. The highest BCUT2D eigenvalue weighted by Gasteiger charge is 2.06. The van der Waals surface area contributed by atoms with Crippen molar-refractivity contribution in [1.29, 1.82) is 0 Å². The van der Waals surface area contributed by atoms with E-state index in [9.17, 15) is 4.79 Å². The lowest BCUT2D eigenvalue weighted by molar-refractivity contribution is 0.0944. The van der Waals surface area contributed by atoms with Crippen molar-refractivity contribution in [2.75, 3.05) is 13.2 Å². The summed E-state index contributed by atoms with van der Waals surface area (Å²) < 4.78 is 7.63. The van der Waals surface area contributed by atoms with Gasteiger partial charge in [0.15, 0.2) is 0 Å². The second-order valence-electron chi connectivity index (χ2n) is 4.99. The molecule has 3 rings (SSSR count). The van der Waals surface area contributed by atoms with Crippen LogP contribution < -0.4 is 10.1 Å². The number of nitrogens with one attached hydrogen (secondary N) is 1. The molecule has 2 aromatic heterocycles. The van der Waals surface area contributed by atoms with E-state index in [0.29, 0.717) is 17.9 Å². The lowest BCUT2D eigenvalue weighted by atomic mass is 10.2. The molecule has 3 aromatic rings. The van der Waals surface area contributed by atoms with Crippen molar-refractivity contribution in [1.82, 2.24) is 14.7 Å². The van der Waals surface area contributed by atoms with Crippen molar-refractivity contribution in [2.45, 2.75) is 6.61 Å². The maximum Gasteiger partial charge on any atom is 0.251 e. The van der Waals surface area contributed by atoms with Crippen molar-refractivity contribution in [3.05, 3.63) is 66.1 Å². The molecule has 1 amide bonds. The van der Waals surface area contributed by atoms with E-state index in [0.717, 1.165) is 11.3 Å². The van der Waals surface area contributed by atoms with Crippen LogP contribution in [0.4, 0.5) is 0 Å². The minimum atomic E-state index is -0.217. The van der Waals surface area contributed by atoms with Crippen LogP contribution >= 0.6 is 0 Å². The zero-order valence-corrected chi connectivity index (χ0v) is 12.5. The van der Waals surface area contributed by atoms with Crippen LogP contribution in [-0.2, 0) is 6.61 Å². The Labute approximate surface area is 133 Å². The average molecular weight is 311 g/mol.